The van der Waals surface area contributed by atoms with Crippen molar-refractivity contribution >= 4 is 5.91 Å². The number of amides is 1. The van der Waals surface area contributed by atoms with Crippen molar-refractivity contribution in [2.24, 2.45) is 11.1 Å². The molecule has 0 saturated heterocycles. The molecule has 4 heteroatoms. The summed E-state index contributed by atoms with van der Waals surface area (Å²) < 4.78 is 0. The van der Waals surface area contributed by atoms with E-state index in [-0.39, 0.29) is 17.4 Å². The predicted molar refractivity (Wildman–Crippen MR) is 72.8 cm³/mol. The molecule has 0 fully saturated rings. The molecule has 0 radical (unpaired) electrons. The maximum absolute atomic E-state index is 11.9. The van der Waals surface area contributed by atoms with E-state index >= 15 is 0 Å². The molecule has 102 valence electrons. The molecule has 4 nitrogen and oxygen atoms in total. The minimum absolute atomic E-state index is 0.0582. The maximum Gasteiger partial charge on any atom is 0.237 e. The molecule has 0 spiro atoms. The van der Waals surface area contributed by atoms with Gasteiger partial charge in [0.25, 0.3) is 0 Å². The summed E-state index contributed by atoms with van der Waals surface area (Å²) in [6.07, 6.45) is 0. The summed E-state index contributed by atoms with van der Waals surface area (Å²) in [4.78, 5) is 14.2. The van der Waals surface area contributed by atoms with Crippen LogP contribution in [0.15, 0.2) is 0 Å². The first-order valence-corrected chi connectivity index (χ1v) is 6.50. The zero-order valence-electron chi connectivity index (χ0n) is 12.2. The largest absolute Gasteiger partial charge is 0.351 e. The Balaban J connectivity index is 4.21. The number of hydrogen-bond donors (Lipinski definition) is 2. The summed E-state index contributed by atoms with van der Waals surface area (Å²) in [5, 5.41) is 2.98. The van der Waals surface area contributed by atoms with Gasteiger partial charge in [-0.1, -0.05) is 34.6 Å². The number of nitrogens with two attached hydrogens (primary N) is 1. The average Bonchev–Trinajstić information content (AvgIpc) is 2.23. The highest BCUT2D eigenvalue weighted by molar-refractivity contribution is 5.82. The highest BCUT2D eigenvalue weighted by Gasteiger charge is 2.28. The first kappa shape index (κ1) is 16.4. The third-order valence-corrected chi connectivity index (χ3v) is 3.03. The van der Waals surface area contributed by atoms with E-state index in [0.717, 1.165) is 19.6 Å². The third-order valence-electron chi connectivity index (χ3n) is 3.03. The van der Waals surface area contributed by atoms with Crippen LogP contribution in [0, 0.1) is 5.41 Å². The first-order valence-electron chi connectivity index (χ1n) is 6.50. The lowest BCUT2D eigenvalue weighted by Gasteiger charge is -2.29. The monoisotopic (exact) mass is 243 g/mol. The van der Waals surface area contributed by atoms with Crippen LogP contribution in [0.2, 0.25) is 0 Å². The van der Waals surface area contributed by atoms with Crippen LogP contribution in [-0.4, -0.2) is 42.5 Å². The Morgan fingerprint density at radius 2 is 1.76 bits per heavy atom. The van der Waals surface area contributed by atoms with Crippen LogP contribution in [0.3, 0.4) is 0 Å². The summed E-state index contributed by atoms with van der Waals surface area (Å²) in [6.45, 7) is 15.1. The second-order valence-corrected chi connectivity index (χ2v) is 5.74. The van der Waals surface area contributed by atoms with Crippen molar-refractivity contribution in [3.63, 3.8) is 0 Å². The van der Waals surface area contributed by atoms with E-state index < -0.39 is 6.04 Å². The van der Waals surface area contributed by atoms with E-state index in [2.05, 4.69) is 24.1 Å². The number of hydrogen-bond acceptors (Lipinski definition) is 3. The Morgan fingerprint density at radius 3 is 2.12 bits per heavy atom. The van der Waals surface area contributed by atoms with Gasteiger partial charge in [-0.3, -0.25) is 4.79 Å². The Morgan fingerprint density at radius 1 is 1.29 bits per heavy atom. The van der Waals surface area contributed by atoms with E-state index in [0.29, 0.717) is 0 Å². The molecule has 0 saturated carbocycles. The average molecular weight is 243 g/mol. The topological polar surface area (TPSA) is 58.4 Å². The van der Waals surface area contributed by atoms with Crippen molar-refractivity contribution in [3.8, 4) is 0 Å². The second kappa shape index (κ2) is 6.97. The van der Waals surface area contributed by atoms with Crippen LogP contribution in [0.4, 0.5) is 0 Å². The van der Waals surface area contributed by atoms with E-state index in [4.69, 9.17) is 5.73 Å². The minimum Gasteiger partial charge on any atom is -0.351 e. The fourth-order valence-corrected chi connectivity index (χ4v) is 1.64. The van der Waals surface area contributed by atoms with E-state index in [1.807, 2.05) is 27.7 Å². The lowest BCUT2D eigenvalue weighted by molar-refractivity contribution is -0.125. The predicted octanol–water partition coefficient (Wildman–Crippen LogP) is 1.21. The van der Waals surface area contributed by atoms with Crippen molar-refractivity contribution in [2.45, 2.75) is 53.6 Å². The molecule has 17 heavy (non-hydrogen) atoms. The molecule has 0 bridgehead atoms. The van der Waals surface area contributed by atoms with Crippen LogP contribution in [0.5, 0.6) is 0 Å². The molecular formula is C13H29N3O. The van der Waals surface area contributed by atoms with Crippen molar-refractivity contribution in [2.75, 3.05) is 19.6 Å². The maximum atomic E-state index is 11.9. The van der Waals surface area contributed by atoms with E-state index in [1.54, 1.807) is 0 Å². The molecule has 0 aromatic rings. The lowest BCUT2D eigenvalue weighted by Crippen LogP contribution is -2.52. The first-order chi connectivity index (χ1) is 7.72. The fraction of sp³-hybridized carbons (Fsp3) is 0.923. The molecule has 0 aromatic carbocycles. The van der Waals surface area contributed by atoms with E-state index in [9.17, 15) is 4.79 Å². The summed E-state index contributed by atoms with van der Waals surface area (Å²) in [5.74, 6) is -0.0582. The van der Waals surface area contributed by atoms with Gasteiger partial charge in [0.1, 0.15) is 0 Å². The smallest absolute Gasteiger partial charge is 0.237 e. The zero-order valence-corrected chi connectivity index (χ0v) is 12.2. The number of likely N-dealkylation sites (N-methyl/N-ethyl adjacent to an activating group) is 1. The van der Waals surface area contributed by atoms with Crippen LogP contribution in [0.25, 0.3) is 0 Å². The highest BCUT2D eigenvalue weighted by Crippen LogP contribution is 2.17. The molecule has 0 rings (SSSR count). The Labute approximate surface area is 106 Å². The van der Waals surface area contributed by atoms with Crippen LogP contribution >= 0.6 is 0 Å². The molecular weight excluding hydrogens is 214 g/mol. The summed E-state index contributed by atoms with van der Waals surface area (Å²) in [5.41, 5.74) is 5.72. The van der Waals surface area contributed by atoms with Gasteiger partial charge in [0.05, 0.1) is 6.04 Å². The number of nitrogens with one attached hydrogen (secondary N) is 1. The molecule has 1 amide bonds. The summed E-state index contributed by atoms with van der Waals surface area (Å²) in [6, 6.07) is -0.322. The van der Waals surface area contributed by atoms with Gasteiger partial charge in [-0.15, -0.1) is 0 Å². The fourth-order valence-electron chi connectivity index (χ4n) is 1.64. The highest BCUT2D eigenvalue weighted by atomic mass is 16.2. The third kappa shape index (κ3) is 6.03. The number of carbonyl (C=O) groups excluding carboxylic acids is 1. The minimum atomic E-state index is -0.457. The summed E-state index contributed by atoms with van der Waals surface area (Å²) >= 11 is 0. The molecule has 1 unspecified atom stereocenters. The van der Waals surface area contributed by atoms with Gasteiger partial charge in [-0.25, -0.2) is 0 Å². The van der Waals surface area contributed by atoms with Crippen molar-refractivity contribution in [1.82, 2.24) is 10.2 Å². The number of rotatable bonds is 6. The Hall–Kier alpha value is -0.610. The van der Waals surface area contributed by atoms with Crippen molar-refractivity contribution in [1.29, 1.82) is 0 Å². The zero-order chi connectivity index (χ0) is 13.6. The molecule has 0 aliphatic carbocycles. The SMILES string of the molecule is CCN(CC)CC(C)NC(=O)[C@H](N)C(C)(C)C. The van der Waals surface area contributed by atoms with Crippen LogP contribution in [-0.2, 0) is 4.79 Å². The van der Waals surface area contributed by atoms with Gasteiger partial charge in [0, 0.05) is 12.6 Å². The van der Waals surface area contributed by atoms with Crippen LogP contribution in [0.1, 0.15) is 41.5 Å². The van der Waals surface area contributed by atoms with Crippen molar-refractivity contribution < 1.29 is 4.79 Å². The molecule has 0 aliphatic rings. The molecule has 0 heterocycles. The van der Waals surface area contributed by atoms with Crippen molar-refractivity contribution in [3.05, 3.63) is 0 Å². The van der Waals surface area contributed by atoms with E-state index in [1.165, 1.54) is 0 Å². The number of carbonyl (C=O) groups is 1. The Kier molecular flexibility index (Phi) is 6.72. The normalized spacial score (nSPS) is 15.8. The second-order valence-electron chi connectivity index (χ2n) is 5.74. The molecule has 3 N–H and O–H groups in total. The van der Waals surface area contributed by atoms with Gasteiger partial charge in [0.15, 0.2) is 0 Å². The van der Waals surface area contributed by atoms with Gasteiger partial charge in [-0.2, -0.15) is 0 Å². The lowest BCUT2D eigenvalue weighted by atomic mass is 9.87. The number of nitrogens with zero attached hydrogens (tertiary/aromatic N) is 1. The van der Waals surface area contributed by atoms with Crippen LogP contribution < -0.4 is 11.1 Å². The van der Waals surface area contributed by atoms with Gasteiger partial charge >= 0.3 is 0 Å². The molecule has 0 aromatic heterocycles. The van der Waals surface area contributed by atoms with Gasteiger partial charge in [0.2, 0.25) is 5.91 Å². The molecule has 2 atom stereocenters. The quantitative estimate of drug-likeness (QED) is 0.737. The Bertz CT molecular complexity index is 231. The van der Waals surface area contributed by atoms with Gasteiger partial charge < -0.3 is 16.0 Å². The molecule has 0 aliphatic heterocycles. The van der Waals surface area contributed by atoms with Gasteiger partial charge in [-0.05, 0) is 25.4 Å². The standard InChI is InChI=1S/C13H29N3O/c1-7-16(8-2)9-10(3)15-12(17)11(14)13(4,5)6/h10-11H,7-9,14H2,1-6H3,(H,15,17)/t10?,11-/m0/s1. The summed E-state index contributed by atoms with van der Waals surface area (Å²) in [7, 11) is 0.